The third-order valence-electron chi connectivity index (χ3n) is 6.00. The molecule has 4 fully saturated rings. The Balaban J connectivity index is 1.71. The van der Waals surface area contributed by atoms with E-state index in [1.807, 2.05) is 0 Å². The lowest BCUT2D eigenvalue weighted by atomic mass is 9.43. The molecular weight excluding hydrogens is 311 g/mol. The minimum Gasteiger partial charge on any atom is -0.481 e. The average Bonchev–Trinajstić information content (AvgIpc) is 2.40. The van der Waals surface area contributed by atoms with Crippen molar-refractivity contribution in [2.24, 2.45) is 22.7 Å². The largest absolute Gasteiger partial charge is 0.481 e. The SMILES string of the molecule is O=C(O)CCCNC(=O)C12CC3CC(C1)CC(C(F)(F)F)(C3)C2. The number of hydrogen-bond acceptors (Lipinski definition) is 2. The van der Waals surface area contributed by atoms with Gasteiger partial charge in [-0.15, -0.1) is 0 Å². The van der Waals surface area contributed by atoms with Gasteiger partial charge in [-0.2, -0.15) is 13.2 Å². The van der Waals surface area contributed by atoms with Crippen LogP contribution in [-0.4, -0.2) is 29.7 Å². The maximum atomic E-state index is 13.6. The first kappa shape index (κ1) is 16.6. The molecule has 0 saturated heterocycles. The number of carboxylic acids is 1. The zero-order valence-electron chi connectivity index (χ0n) is 12.9. The van der Waals surface area contributed by atoms with Crippen molar-refractivity contribution in [2.45, 2.75) is 57.5 Å². The van der Waals surface area contributed by atoms with Crippen LogP contribution in [0.25, 0.3) is 0 Å². The molecule has 23 heavy (non-hydrogen) atoms. The van der Waals surface area contributed by atoms with E-state index >= 15 is 0 Å². The molecule has 0 heterocycles. The molecule has 2 N–H and O–H groups in total. The van der Waals surface area contributed by atoms with Crippen molar-refractivity contribution in [3.05, 3.63) is 0 Å². The van der Waals surface area contributed by atoms with E-state index in [0.29, 0.717) is 19.3 Å². The number of halogens is 3. The van der Waals surface area contributed by atoms with E-state index in [9.17, 15) is 22.8 Å². The van der Waals surface area contributed by atoms with E-state index in [2.05, 4.69) is 5.32 Å². The predicted octanol–water partition coefficient (Wildman–Crippen LogP) is 3.12. The maximum absolute atomic E-state index is 13.6. The summed E-state index contributed by atoms with van der Waals surface area (Å²) >= 11 is 0. The van der Waals surface area contributed by atoms with Gasteiger partial charge >= 0.3 is 12.1 Å². The van der Waals surface area contributed by atoms with Crippen molar-refractivity contribution in [2.75, 3.05) is 6.54 Å². The fourth-order valence-corrected chi connectivity index (χ4v) is 5.49. The summed E-state index contributed by atoms with van der Waals surface area (Å²) in [5, 5.41) is 11.3. The average molecular weight is 333 g/mol. The monoisotopic (exact) mass is 333 g/mol. The Bertz CT molecular complexity index is 503. The van der Waals surface area contributed by atoms with Crippen LogP contribution < -0.4 is 5.32 Å². The van der Waals surface area contributed by atoms with Crippen molar-refractivity contribution in [3.8, 4) is 0 Å². The summed E-state index contributed by atoms with van der Waals surface area (Å²) in [6, 6.07) is 0. The summed E-state index contributed by atoms with van der Waals surface area (Å²) in [5.74, 6) is -1.26. The summed E-state index contributed by atoms with van der Waals surface area (Å²) in [7, 11) is 0. The highest BCUT2D eigenvalue weighted by Gasteiger charge is 2.68. The van der Waals surface area contributed by atoms with Gasteiger partial charge in [0.1, 0.15) is 0 Å². The second-order valence-corrected chi connectivity index (χ2v) is 7.77. The molecule has 4 nitrogen and oxygen atoms in total. The van der Waals surface area contributed by atoms with Gasteiger partial charge in [0.25, 0.3) is 0 Å². The predicted molar refractivity (Wildman–Crippen MR) is 75.5 cm³/mol. The molecule has 4 aliphatic rings. The van der Waals surface area contributed by atoms with Gasteiger partial charge in [0.2, 0.25) is 5.91 Å². The third-order valence-corrected chi connectivity index (χ3v) is 6.00. The molecule has 130 valence electrons. The summed E-state index contributed by atoms with van der Waals surface area (Å²) < 4.78 is 40.9. The lowest BCUT2D eigenvalue weighted by molar-refractivity contribution is -0.283. The highest BCUT2D eigenvalue weighted by Crippen LogP contribution is 2.69. The van der Waals surface area contributed by atoms with E-state index in [0.717, 1.165) is 6.42 Å². The molecular formula is C16H22F3NO3. The molecule has 2 atom stereocenters. The lowest BCUT2D eigenvalue weighted by Gasteiger charge is -2.61. The van der Waals surface area contributed by atoms with Crippen molar-refractivity contribution in [1.29, 1.82) is 0 Å². The minimum atomic E-state index is -4.25. The highest BCUT2D eigenvalue weighted by molar-refractivity contribution is 5.83. The van der Waals surface area contributed by atoms with Gasteiger partial charge in [0.15, 0.2) is 0 Å². The number of hydrogen-bond donors (Lipinski definition) is 2. The summed E-state index contributed by atoms with van der Waals surface area (Å²) in [6.45, 7) is 0.210. The van der Waals surface area contributed by atoms with E-state index < -0.39 is 23.0 Å². The molecule has 0 aliphatic heterocycles. The molecule has 4 saturated carbocycles. The number of alkyl halides is 3. The van der Waals surface area contributed by atoms with Gasteiger partial charge in [-0.05, 0) is 56.8 Å². The molecule has 0 radical (unpaired) electrons. The smallest absolute Gasteiger partial charge is 0.394 e. The van der Waals surface area contributed by atoms with Crippen LogP contribution in [-0.2, 0) is 9.59 Å². The van der Waals surface area contributed by atoms with Crippen LogP contribution in [0, 0.1) is 22.7 Å². The molecule has 4 rings (SSSR count). The topological polar surface area (TPSA) is 66.4 Å². The van der Waals surface area contributed by atoms with E-state index in [1.165, 1.54) is 0 Å². The fraction of sp³-hybridized carbons (Fsp3) is 0.875. The number of carbonyl (C=O) groups excluding carboxylic acids is 1. The lowest BCUT2D eigenvalue weighted by Crippen LogP contribution is -2.61. The Hall–Kier alpha value is -1.27. The first-order valence-corrected chi connectivity index (χ1v) is 8.23. The number of rotatable bonds is 5. The van der Waals surface area contributed by atoms with Gasteiger partial charge in [-0.3, -0.25) is 9.59 Å². The van der Waals surface area contributed by atoms with Crippen LogP contribution in [0.5, 0.6) is 0 Å². The quantitative estimate of drug-likeness (QED) is 0.760. The first-order valence-electron chi connectivity index (χ1n) is 8.23. The molecule has 4 aliphatic carbocycles. The second kappa shape index (κ2) is 5.38. The number of aliphatic carboxylic acids is 1. The Labute approximate surface area is 132 Å². The summed E-state index contributed by atoms with van der Waals surface area (Å²) in [5.41, 5.74) is -2.59. The number of nitrogens with one attached hydrogen (secondary N) is 1. The zero-order valence-corrected chi connectivity index (χ0v) is 12.9. The summed E-state index contributed by atoms with van der Waals surface area (Å²) in [6.07, 6.45) is -1.85. The van der Waals surface area contributed by atoms with Crippen LogP contribution in [0.15, 0.2) is 0 Å². The van der Waals surface area contributed by atoms with E-state index in [1.54, 1.807) is 0 Å². The molecule has 7 heteroatoms. The Morgan fingerprint density at radius 2 is 1.74 bits per heavy atom. The standard InChI is InChI=1S/C16H22F3NO3/c17-16(18,19)15-7-10-4-11(8-15)6-14(5-10,9-15)13(23)20-3-1-2-12(21)22/h10-11H,1-9H2,(H,20,23)(H,21,22). The number of amides is 1. The highest BCUT2D eigenvalue weighted by atomic mass is 19.4. The summed E-state index contributed by atoms with van der Waals surface area (Å²) in [4.78, 5) is 23.1. The molecule has 0 spiro atoms. The van der Waals surface area contributed by atoms with Gasteiger partial charge < -0.3 is 10.4 Å². The third kappa shape index (κ3) is 2.83. The van der Waals surface area contributed by atoms with E-state index in [4.69, 9.17) is 5.11 Å². The van der Waals surface area contributed by atoms with Crippen LogP contribution in [0.4, 0.5) is 13.2 Å². The number of carboxylic acid groups (broad SMARTS) is 1. The van der Waals surface area contributed by atoms with Crippen molar-refractivity contribution >= 4 is 11.9 Å². The Morgan fingerprint density at radius 3 is 2.26 bits per heavy atom. The molecule has 2 unspecified atom stereocenters. The molecule has 1 amide bonds. The van der Waals surface area contributed by atoms with Crippen molar-refractivity contribution < 1.29 is 27.9 Å². The second-order valence-electron chi connectivity index (χ2n) is 7.77. The van der Waals surface area contributed by atoms with Gasteiger partial charge in [-0.25, -0.2) is 0 Å². The van der Waals surface area contributed by atoms with Gasteiger partial charge in [-0.1, -0.05) is 0 Å². The molecule has 0 aromatic heterocycles. The van der Waals surface area contributed by atoms with Crippen LogP contribution >= 0.6 is 0 Å². The van der Waals surface area contributed by atoms with E-state index in [-0.39, 0.29) is 50.0 Å². The molecule has 0 aromatic rings. The maximum Gasteiger partial charge on any atom is 0.394 e. The fourth-order valence-electron chi connectivity index (χ4n) is 5.49. The van der Waals surface area contributed by atoms with Crippen molar-refractivity contribution in [1.82, 2.24) is 5.32 Å². The van der Waals surface area contributed by atoms with Crippen LogP contribution in [0.3, 0.4) is 0 Å². The zero-order chi connectivity index (χ0) is 16.9. The Kier molecular flexibility index (Phi) is 3.88. The van der Waals surface area contributed by atoms with Gasteiger partial charge in [0, 0.05) is 13.0 Å². The molecule has 0 aromatic carbocycles. The van der Waals surface area contributed by atoms with Crippen molar-refractivity contribution in [3.63, 3.8) is 0 Å². The molecule has 4 bridgehead atoms. The first-order chi connectivity index (χ1) is 10.7. The Morgan fingerprint density at radius 1 is 1.13 bits per heavy atom. The minimum absolute atomic E-state index is 0.0114. The van der Waals surface area contributed by atoms with Crippen LogP contribution in [0.2, 0.25) is 0 Å². The van der Waals surface area contributed by atoms with Gasteiger partial charge in [0.05, 0.1) is 10.8 Å². The normalized spacial score (nSPS) is 38.6. The number of carbonyl (C=O) groups is 2. The van der Waals surface area contributed by atoms with Crippen LogP contribution in [0.1, 0.15) is 51.4 Å².